The van der Waals surface area contributed by atoms with Crippen molar-refractivity contribution in [3.05, 3.63) is 0 Å². The molecule has 1 rings (SSSR count). The Morgan fingerprint density at radius 2 is 1.21 bits per heavy atom. The number of hydrogen-bond acceptors (Lipinski definition) is 1. The van der Waals surface area contributed by atoms with E-state index in [4.69, 9.17) is 11.1 Å². The first-order chi connectivity index (χ1) is 6.30. The molecule has 0 saturated heterocycles. The highest BCUT2D eigenvalue weighted by molar-refractivity contribution is 5.85. The number of hydrogen-bond donors (Lipinski definition) is 2. The highest BCUT2D eigenvalue weighted by Crippen LogP contribution is 2.20. The van der Waals surface area contributed by atoms with Gasteiger partial charge in [0.1, 0.15) is 0 Å². The second-order valence-corrected chi connectivity index (χ2v) is 4.20. The largest absolute Gasteiger partial charge is 0.387 e. The van der Waals surface area contributed by atoms with Crippen molar-refractivity contribution >= 4 is 18.2 Å². The van der Waals surface area contributed by atoms with Crippen LogP contribution in [0.1, 0.15) is 57.8 Å². The summed E-state index contributed by atoms with van der Waals surface area (Å²) in [6.45, 7) is 0. The smallest absolute Gasteiger partial charge is 0.0936 e. The molecule has 0 aromatic heterocycles. The van der Waals surface area contributed by atoms with Crippen molar-refractivity contribution in [1.82, 2.24) is 0 Å². The van der Waals surface area contributed by atoms with Crippen LogP contribution < -0.4 is 5.73 Å². The van der Waals surface area contributed by atoms with Gasteiger partial charge in [0.2, 0.25) is 0 Å². The minimum Gasteiger partial charge on any atom is -0.387 e. The third-order valence-electron chi connectivity index (χ3n) is 3.04. The lowest BCUT2D eigenvalue weighted by Gasteiger charge is -2.16. The Labute approximate surface area is 93.6 Å². The molecule has 0 aromatic rings. The fourth-order valence-electron chi connectivity index (χ4n) is 2.12. The summed E-state index contributed by atoms with van der Waals surface area (Å²) in [6, 6.07) is 0. The van der Waals surface area contributed by atoms with E-state index in [1.54, 1.807) is 0 Å². The molecule has 0 aromatic carbocycles. The van der Waals surface area contributed by atoms with Crippen LogP contribution in [0.25, 0.3) is 0 Å². The van der Waals surface area contributed by atoms with E-state index < -0.39 is 0 Å². The van der Waals surface area contributed by atoms with Gasteiger partial charge in [0.25, 0.3) is 0 Å². The zero-order valence-electron chi connectivity index (χ0n) is 8.93. The molecule has 1 aliphatic carbocycles. The molecule has 1 fully saturated rings. The highest BCUT2D eigenvalue weighted by atomic mass is 35.5. The summed E-state index contributed by atoms with van der Waals surface area (Å²) in [4.78, 5) is 0. The van der Waals surface area contributed by atoms with Crippen LogP contribution in [0.5, 0.6) is 0 Å². The van der Waals surface area contributed by atoms with Crippen molar-refractivity contribution in [1.29, 1.82) is 5.41 Å². The summed E-state index contributed by atoms with van der Waals surface area (Å²) >= 11 is 0. The minimum atomic E-state index is 0. The standard InChI is InChI=1S/C11H22N2.ClH/c12-11(13)10-8-6-4-2-1-3-5-7-9-10;/h10H,1-9H2,(H3,12,13);1H. The van der Waals surface area contributed by atoms with Crippen LogP contribution in [0.15, 0.2) is 0 Å². The van der Waals surface area contributed by atoms with Crippen LogP contribution in [0.2, 0.25) is 0 Å². The summed E-state index contributed by atoms with van der Waals surface area (Å²) < 4.78 is 0. The van der Waals surface area contributed by atoms with Gasteiger partial charge in [0.15, 0.2) is 0 Å². The van der Waals surface area contributed by atoms with Gasteiger partial charge < -0.3 is 5.73 Å². The summed E-state index contributed by atoms with van der Waals surface area (Å²) in [7, 11) is 0. The van der Waals surface area contributed by atoms with Gasteiger partial charge in [-0.15, -0.1) is 12.4 Å². The zero-order chi connectivity index (χ0) is 9.52. The Bertz CT molecular complexity index is 149. The van der Waals surface area contributed by atoms with E-state index >= 15 is 0 Å². The quantitative estimate of drug-likeness (QED) is 0.514. The van der Waals surface area contributed by atoms with E-state index in [1.807, 2.05) is 0 Å². The van der Waals surface area contributed by atoms with Crippen molar-refractivity contribution in [3.8, 4) is 0 Å². The maximum atomic E-state index is 7.46. The van der Waals surface area contributed by atoms with E-state index in [9.17, 15) is 0 Å². The third-order valence-corrected chi connectivity index (χ3v) is 3.04. The molecule has 0 spiro atoms. The third kappa shape index (κ3) is 5.48. The molecule has 3 N–H and O–H groups in total. The molecular weight excluding hydrogens is 196 g/mol. The molecule has 84 valence electrons. The van der Waals surface area contributed by atoms with Crippen molar-refractivity contribution in [3.63, 3.8) is 0 Å². The van der Waals surface area contributed by atoms with Crippen molar-refractivity contribution in [2.24, 2.45) is 11.7 Å². The molecule has 14 heavy (non-hydrogen) atoms. The van der Waals surface area contributed by atoms with Crippen LogP contribution in [-0.2, 0) is 0 Å². The summed E-state index contributed by atoms with van der Waals surface area (Å²) in [5, 5.41) is 7.46. The Hall–Kier alpha value is -0.240. The minimum absolute atomic E-state index is 0. The molecular formula is C11H23ClN2. The van der Waals surface area contributed by atoms with Gasteiger partial charge in [-0.3, -0.25) is 5.41 Å². The van der Waals surface area contributed by atoms with Crippen molar-refractivity contribution in [2.45, 2.75) is 57.8 Å². The van der Waals surface area contributed by atoms with Crippen molar-refractivity contribution in [2.75, 3.05) is 0 Å². The SMILES string of the molecule is Cl.N=C(N)C1CCCCCCCCC1. The van der Waals surface area contributed by atoms with Crippen molar-refractivity contribution < 1.29 is 0 Å². The first-order valence-electron chi connectivity index (χ1n) is 5.64. The monoisotopic (exact) mass is 218 g/mol. The average Bonchev–Trinajstić information content (AvgIpc) is 2.14. The Kier molecular flexibility index (Phi) is 7.96. The molecule has 0 atom stereocenters. The molecule has 0 aliphatic heterocycles. The Morgan fingerprint density at radius 3 is 1.57 bits per heavy atom. The highest BCUT2D eigenvalue weighted by Gasteiger charge is 2.12. The lowest BCUT2D eigenvalue weighted by atomic mass is 9.91. The van der Waals surface area contributed by atoms with Crippen LogP contribution in [-0.4, -0.2) is 5.84 Å². The van der Waals surface area contributed by atoms with Gasteiger partial charge in [-0.25, -0.2) is 0 Å². The van der Waals surface area contributed by atoms with Crippen LogP contribution in [0.3, 0.4) is 0 Å². The van der Waals surface area contributed by atoms with Crippen LogP contribution >= 0.6 is 12.4 Å². The molecule has 3 heteroatoms. The first kappa shape index (κ1) is 13.8. The van der Waals surface area contributed by atoms with Gasteiger partial charge in [-0.2, -0.15) is 0 Å². The molecule has 0 radical (unpaired) electrons. The topological polar surface area (TPSA) is 49.9 Å². The molecule has 0 bridgehead atoms. The van der Waals surface area contributed by atoms with Crippen LogP contribution in [0, 0.1) is 11.3 Å². The molecule has 0 unspecified atom stereocenters. The second kappa shape index (κ2) is 8.10. The first-order valence-corrected chi connectivity index (χ1v) is 5.64. The lowest BCUT2D eigenvalue weighted by molar-refractivity contribution is 0.457. The predicted octanol–water partition coefficient (Wildman–Crippen LogP) is 3.48. The number of rotatable bonds is 1. The molecule has 1 saturated carbocycles. The van der Waals surface area contributed by atoms with E-state index in [0.717, 1.165) is 12.8 Å². The molecule has 1 aliphatic rings. The van der Waals surface area contributed by atoms with E-state index in [2.05, 4.69) is 0 Å². The lowest BCUT2D eigenvalue weighted by Crippen LogP contribution is -2.22. The second-order valence-electron chi connectivity index (χ2n) is 4.20. The maximum absolute atomic E-state index is 7.46. The maximum Gasteiger partial charge on any atom is 0.0936 e. The molecule has 2 nitrogen and oxygen atoms in total. The van der Waals surface area contributed by atoms with Crippen LogP contribution in [0.4, 0.5) is 0 Å². The Morgan fingerprint density at radius 1 is 0.857 bits per heavy atom. The molecule has 0 amide bonds. The fraction of sp³-hybridized carbons (Fsp3) is 0.909. The number of nitrogens with one attached hydrogen (secondary N) is 1. The number of nitrogens with two attached hydrogens (primary N) is 1. The normalized spacial score (nSPS) is 20.9. The summed E-state index contributed by atoms with van der Waals surface area (Å²) in [6.07, 6.45) is 11.7. The summed E-state index contributed by atoms with van der Waals surface area (Å²) in [5.74, 6) is 0.804. The van der Waals surface area contributed by atoms with Gasteiger partial charge in [0.05, 0.1) is 5.84 Å². The van der Waals surface area contributed by atoms with Gasteiger partial charge in [-0.1, -0.05) is 44.9 Å². The zero-order valence-corrected chi connectivity index (χ0v) is 9.74. The van der Waals surface area contributed by atoms with Gasteiger partial charge >= 0.3 is 0 Å². The predicted molar refractivity (Wildman–Crippen MR) is 64.2 cm³/mol. The van der Waals surface area contributed by atoms with Gasteiger partial charge in [-0.05, 0) is 12.8 Å². The fourth-order valence-corrected chi connectivity index (χ4v) is 2.12. The van der Waals surface area contributed by atoms with E-state index in [1.165, 1.54) is 44.9 Å². The van der Waals surface area contributed by atoms with Gasteiger partial charge in [0, 0.05) is 5.92 Å². The van der Waals surface area contributed by atoms with E-state index in [-0.39, 0.29) is 12.4 Å². The Balaban J connectivity index is 0.00000169. The molecule has 0 heterocycles. The number of halogens is 1. The average molecular weight is 219 g/mol. The van der Waals surface area contributed by atoms with E-state index in [0.29, 0.717) is 11.8 Å². The summed E-state index contributed by atoms with van der Waals surface area (Å²) in [5.41, 5.74) is 5.56. The number of amidine groups is 1.